The molecule has 0 spiro atoms. The Bertz CT molecular complexity index is 1170. The molecule has 0 aliphatic carbocycles. The lowest BCUT2D eigenvalue weighted by atomic mass is 10.2. The number of pyridine rings is 1. The first-order valence-corrected chi connectivity index (χ1v) is 10.8. The molecule has 8 nitrogen and oxygen atoms in total. The van der Waals surface area contributed by atoms with Crippen LogP contribution in [0.4, 0.5) is 11.5 Å². The number of H-pyrrole nitrogens is 1. The van der Waals surface area contributed by atoms with Gasteiger partial charge in [-0.25, -0.2) is 18.4 Å². The van der Waals surface area contributed by atoms with E-state index in [-0.39, 0.29) is 5.56 Å². The van der Waals surface area contributed by atoms with Gasteiger partial charge in [-0.3, -0.25) is 9.10 Å². The Morgan fingerprint density at radius 1 is 1.10 bits per heavy atom. The van der Waals surface area contributed by atoms with Gasteiger partial charge in [0.2, 0.25) is 10.0 Å². The minimum atomic E-state index is -3.28. The molecule has 0 amide bonds. The Labute approximate surface area is 169 Å². The van der Waals surface area contributed by atoms with Crippen molar-refractivity contribution < 1.29 is 8.42 Å². The SMILES string of the molecule is Cc1nc(-c2ccc(NCc3ccc(N(C)S(C)(=O)=O)cc3)nc2)[nH]c(=O)c1C. The van der Waals surface area contributed by atoms with E-state index in [1.807, 2.05) is 24.3 Å². The molecule has 2 heterocycles. The molecule has 9 heteroatoms. The van der Waals surface area contributed by atoms with Crippen LogP contribution < -0.4 is 15.2 Å². The van der Waals surface area contributed by atoms with E-state index in [1.165, 1.54) is 17.6 Å². The van der Waals surface area contributed by atoms with Crippen molar-refractivity contribution in [2.45, 2.75) is 20.4 Å². The molecule has 0 fully saturated rings. The number of aromatic nitrogens is 3. The highest BCUT2D eigenvalue weighted by atomic mass is 32.2. The van der Waals surface area contributed by atoms with Crippen molar-refractivity contribution in [1.29, 1.82) is 0 Å². The summed E-state index contributed by atoms with van der Waals surface area (Å²) in [6.07, 6.45) is 2.82. The molecule has 3 rings (SSSR count). The van der Waals surface area contributed by atoms with Crippen LogP contribution in [-0.4, -0.2) is 36.7 Å². The molecule has 0 bridgehead atoms. The van der Waals surface area contributed by atoms with Crippen molar-refractivity contribution in [3.63, 3.8) is 0 Å². The second-order valence-corrected chi connectivity index (χ2v) is 8.82. The van der Waals surface area contributed by atoms with Crippen LogP contribution in [0.2, 0.25) is 0 Å². The normalized spacial score (nSPS) is 11.3. The highest BCUT2D eigenvalue weighted by molar-refractivity contribution is 7.92. The summed E-state index contributed by atoms with van der Waals surface area (Å²) >= 11 is 0. The predicted octanol–water partition coefficient (Wildman–Crippen LogP) is 2.46. The maximum atomic E-state index is 11.9. The maximum Gasteiger partial charge on any atom is 0.254 e. The zero-order valence-electron chi connectivity index (χ0n) is 16.7. The summed E-state index contributed by atoms with van der Waals surface area (Å²) in [5.74, 6) is 1.17. The van der Waals surface area contributed by atoms with E-state index in [9.17, 15) is 13.2 Å². The molecule has 0 atom stereocenters. The summed E-state index contributed by atoms with van der Waals surface area (Å²) in [7, 11) is -1.76. The number of anilines is 2. The largest absolute Gasteiger partial charge is 0.366 e. The number of aryl methyl sites for hydroxylation is 1. The molecule has 0 saturated carbocycles. The van der Waals surface area contributed by atoms with Crippen molar-refractivity contribution in [3.8, 4) is 11.4 Å². The van der Waals surface area contributed by atoms with Crippen LogP contribution in [0.15, 0.2) is 47.4 Å². The zero-order valence-corrected chi connectivity index (χ0v) is 17.5. The molecule has 3 aromatic rings. The van der Waals surface area contributed by atoms with Gasteiger partial charge in [0.1, 0.15) is 11.6 Å². The van der Waals surface area contributed by atoms with E-state index in [2.05, 4.69) is 20.3 Å². The quantitative estimate of drug-likeness (QED) is 0.643. The fraction of sp³-hybridized carbons (Fsp3) is 0.250. The molecule has 0 aliphatic heterocycles. The van der Waals surface area contributed by atoms with Crippen molar-refractivity contribution in [2.75, 3.05) is 22.9 Å². The molecule has 0 saturated heterocycles. The standard InChI is InChI=1S/C20H23N5O3S/c1-13-14(2)23-19(24-20(13)26)16-7-10-18(22-12-16)21-11-15-5-8-17(9-6-15)25(3)29(4,27)28/h5-10,12H,11H2,1-4H3,(H,21,22)(H,23,24,26). The topological polar surface area (TPSA) is 108 Å². The van der Waals surface area contributed by atoms with Crippen molar-refractivity contribution in [3.05, 3.63) is 69.8 Å². The minimum Gasteiger partial charge on any atom is -0.366 e. The number of sulfonamides is 1. The van der Waals surface area contributed by atoms with Gasteiger partial charge in [-0.05, 0) is 43.7 Å². The average molecular weight is 414 g/mol. The highest BCUT2D eigenvalue weighted by Crippen LogP contribution is 2.18. The van der Waals surface area contributed by atoms with Gasteiger partial charge in [-0.1, -0.05) is 12.1 Å². The number of nitrogens with zero attached hydrogens (tertiary/aromatic N) is 3. The zero-order chi connectivity index (χ0) is 21.2. The third-order valence-corrected chi connectivity index (χ3v) is 5.91. The number of benzene rings is 1. The van der Waals surface area contributed by atoms with Crippen LogP contribution in [-0.2, 0) is 16.6 Å². The summed E-state index contributed by atoms with van der Waals surface area (Å²) in [5, 5.41) is 3.22. The fourth-order valence-electron chi connectivity index (χ4n) is 2.63. The Hall–Kier alpha value is -3.20. The lowest BCUT2D eigenvalue weighted by Crippen LogP contribution is -2.24. The van der Waals surface area contributed by atoms with Crippen LogP contribution >= 0.6 is 0 Å². The summed E-state index contributed by atoms with van der Waals surface area (Å²) < 4.78 is 24.4. The molecule has 1 aromatic carbocycles. The first kappa shape index (κ1) is 20.5. The Morgan fingerprint density at radius 3 is 2.34 bits per heavy atom. The lowest BCUT2D eigenvalue weighted by Gasteiger charge is -2.16. The van der Waals surface area contributed by atoms with Gasteiger partial charge in [0, 0.05) is 36.6 Å². The second kappa shape index (κ2) is 8.04. The highest BCUT2D eigenvalue weighted by Gasteiger charge is 2.11. The van der Waals surface area contributed by atoms with E-state index >= 15 is 0 Å². The van der Waals surface area contributed by atoms with Gasteiger partial charge in [0.15, 0.2) is 0 Å². The van der Waals surface area contributed by atoms with E-state index in [4.69, 9.17) is 0 Å². The number of aromatic amines is 1. The number of rotatable bonds is 6. The first-order chi connectivity index (χ1) is 13.6. The van der Waals surface area contributed by atoms with Crippen molar-refractivity contribution >= 4 is 21.5 Å². The molecule has 0 radical (unpaired) electrons. The van der Waals surface area contributed by atoms with Crippen LogP contribution in [0.3, 0.4) is 0 Å². The number of hydrogen-bond donors (Lipinski definition) is 2. The van der Waals surface area contributed by atoms with Crippen LogP contribution in [0.1, 0.15) is 16.8 Å². The minimum absolute atomic E-state index is 0.153. The molecule has 2 aromatic heterocycles. The molecule has 152 valence electrons. The predicted molar refractivity (Wildman–Crippen MR) is 115 cm³/mol. The van der Waals surface area contributed by atoms with Gasteiger partial charge in [0.05, 0.1) is 11.9 Å². The van der Waals surface area contributed by atoms with Crippen LogP contribution in [0, 0.1) is 13.8 Å². The Balaban J connectivity index is 1.67. The van der Waals surface area contributed by atoms with Crippen molar-refractivity contribution in [1.82, 2.24) is 15.0 Å². The van der Waals surface area contributed by atoms with Gasteiger partial charge >= 0.3 is 0 Å². The van der Waals surface area contributed by atoms with E-state index in [0.29, 0.717) is 35.1 Å². The Kier molecular flexibility index (Phi) is 5.69. The maximum absolute atomic E-state index is 11.9. The monoisotopic (exact) mass is 413 g/mol. The average Bonchev–Trinajstić information content (AvgIpc) is 2.69. The first-order valence-electron chi connectivity index (χ1n) is 8.96. The van der Waals surface area contributed by atoms with Gasteiger partial charge in [0.25, 0.3) is 5.56 Å². The lowest BCUT2D eigenvalue weighted by molar-refractivity contribution is 0.600. The molecule has 29 heavy (non-hydrogen) atoms. The molecule has 2 N–H and O–H groups in total. The van der Waals surface area contributed by atoms with E-state index in [0.717, 1.165) is 11.1 Å². The third-order valence-electron chi connectivity index (χ3n) is 4.70. The third kappa shape index (κ3) is 4.80. The van der Waals surface area contributed by atoms with Gasteiger partial charge in [-0.2, -0.15) is 0 Å². The van der Waals surface area contributed by atoms with Crippen molar-refractivity contribution in [2.24, 2.45) is 0 Å². The summed E-state index contributed by atoms with van der Waals surface area (Å²) in [6.45, 7) is 4.08. The fourth-order valence-corrected chi connectivity index (χ4v) is 3.13. The summed E-state index contributed by atoms with van der Waals surface area (Å²) in [4.78, 5) is 23.5. The van der Waals surface area contributed by atoms with Crippen LogP contribution in [0.5, 0.6) is 0 Å². The number of nitrogens with one attached hydrogen (secondary N) is 2. The summed E-state index contributed by atoms with van der Waals surface area (Å²) in [6, 6.07) is 10.9. The van der Waals surface area contributed by atoms with Gasteiger partial charge in [-0.15, -0.1) is 0 Å². The second-order valence-electron chi connectivity index (χ2n) is 6.81. The van der Waals surface area contributed by atoms with E-state index < -0.39 is 10.0 Å². The molecular weight excluding hydrogens is 390 g/mol. The molecular formula is C20H23N5O3S. The molecule has 0 aliphatic rings. The molecule has 0 unspecified atom stereocenters. The Morgan fingerprint density at radius 2 is 1.79 bits per heavy atom. The number of hydrogen-bond acceptors (Lipinski definition) is 6. The van der Waals surface area contributed by atoms with Gasteiger partial charge < -0.3 is 10.3 Å². The summed E-state index contributed by atoms with van der Waals surface area (Å²) in [5.41, 5.74) is 3.46. The smallest absolute Gasteiger partial charge is 0.254 e. The van der Waals surface area contributed by atoms with E-state index in [1.54, 1.807) is 32.2 Å². The van der Waals surface area contributed by atoms with Crippen LogP contribution in [0.25, 0.3) is 11.4 Å².